The van der Waals surface area contributed by atoms with Crippen LogP contribution in [0.4, 0.5) is 5.69 Å². The Balaban J connectivity index is 1.53. The van der Waals surface area contributed by atoms with Gasteiger partial charge in [-0.15, -0.1) is 0 Å². The third-order valence-electron chi connectivity index (χ3n) is 6.75. The number of anilines is 1. The summed E-state index contributed by atoms with van der Waals surface area (Å²) in [5, 5.41) is 2.89. The third kappa shape index (κ3) is 7.25. The van der Waals surface area contributed by atoms with Crippen LogP contribution >= 0.6 is 0 Å². The Morgan fingerprint density at radius 2 is 1.62 bits per heavy atom. The smallest absolute Gasteiger partial charge is 0.264 e. The summed E-state index contributed by atoms with van der Waals surface area (Å²) in [6, 6.07) is 19.1. The molecule has 4 rings (SSSR count). The van der Waals surface area contributed by atoms with E-state index in [4.69, 9.17) is 14.2 Å². The van der Waals surface area contributed by atoms with Crippen LogP contribution in [-0.4, -0.2) is 59.7 Å². The maximum Gasteiger partial charge on any atom is 0.264 e. The van der Waals surface area contributed by atoms with Gasteiger partial charge in [-0.3, -0.25) is 14.0 Å². The highest BCUT2D eigenvalue weighted by atomic mass is 32.2. The molecule has 0 spiro atoms. The first-order chi connectivity index (χ1) is 19.3. The molecule has 0 aliphatic carbocycles. The largest absolute Gasteiger partial charge is 0.494 e. The molecule has 0 aromatic heterocycles. The highest BCUT2D eigenvalue weighted by Gasteiger charge is 2.28. The van der Waals surface area contributed by atoms with Crippen molar-refractivity contribution in [2.75, 3.05) is 44.8 Å². The number of nitrogens with one attached hydrogen (secondary N) is 1. The summed E-state index contributed by atoms with van der Waals surface area (Å²) in [6.45, 7) is 5.34. The lowest BCUT2D eigenvalue weighted by Crippen LogP contribution is -2.40. The van der Waals surface area contributed by atoms with Gasteiger partial charge >= 0.3 is 0 Å². The topological polar surface area (TPSA) is 97.4 Å². The molecule has 0 saturated carbocycles. The summed E-state index contributed by atoms with van der Waals surface area (Å²) in [5.41, 5.74) is 2.49. The highest BCUT2D eigenvalue weighted by Crippen LogP contribution is 2.32. The monoisotopic (exact) mass is 567 g/mol. The predicted octanol–water partition coefficient (Wildman–Crippen LogP) is 4.21. The zero-order valence-electron chi connectivity index (χ0n) is 23.3. The number of benzene rings is 3. The number of carbonyl (C=O) groups excluding carboxylic acids is 1. The second-order valence-electron chi connectivity index (χ2n) is 9.54. The van der Waals surface area contributed by atoms with E-state index >= 15 is 0 Å². The van der Waals surface area contributed by atoms with Gasteiger partial charge in [0.2, 0.25) is 5.91 Å². The van der Waals surface area contributed by atoms with E-state index in [1.807, 2.05) is 19.1 Å². The molecule has 214 valence electrons. The fourth-order valence-electron chi connectivity index (χ4n) is 4.72. The fraction of sp³-hybridized carbons (Fsp3) is 0.367. The van der Waals surface area contributed by atoms with Crippen LogP contribution < -0.4 is 23.8 Å². The Bertz CT molecular complexity index is 1390. The van der Waals surface area contributed by atoms with Crippen molar-refractivity contribution >= 4 is 21.6 Å². The van der Waals surface area contributed by atoms with Crippen molar-refractivity contribution in [2.45, 2.75) is 37.8 Å². The van der Waals surface area contributed by atoms with Gasteiger partial charge in [-0.05, 0) is 80.4 Å². The van der Waals surface area contributed by atoms with Gasteiger partial charge in [0.05, 0.1) is 31.4 Å². The Labute approximate surface area is 236 Å². The van der Waals surface area contributed by atoms with Gasteiger partial charge in [0, 0.05) is 19.2 Å². The molecule has 9 nitrogen and oxygen atoms in total. The van der Waals surface area contributed by atoms with Gasteiger partial charge in [-0.2, -0.15) is 0 Å². The highest BCUT2D eigenvalue weighted by molar-refractivity contribution is 7.92. The Hall–Kier alpha value is -3.76. The van der Waals surface area contributed by atoms with Crippen molar-refractivity contribution < 1.29 is 27.4 Å². The number of sulfonamides is 1. The van der Waals surface area contributed by atoms with E-state index in [1.165, 1.54) is 50.8 Å². The molecular weight excluding hydrogens is 530 g/mol. The molecule has 1 aliphatic rings. The zero-order valence-corrected chi connectivity index (χ0v) is 24.1. The number of methoxy groups -OCH3 is 2. The first-order valence-electron chi connectivity index (χ1n) is 13.4. The molecule has 1 N–H and O–H groups in total. The number of hydrogen-bond acceptors (Lipinski definition) is 7. The van der Waals surface area contributed by atoms with Gasteiger partial charge in [-0.1, -0.05) is 24.3 Å². The lowest BCUT2D eigenvalue weighted by atomic mass is 10.1. The predicted molar refractivity (Wildman–Crippen MR) is 154 cm³/mol. The van der Waals surface area contributed by atoms with Gasteiger partial charge in [0.15, 0.2) is 11.5 Å². The molecule has 10 heteroatoms. The van der Waals surface area contributed by atoms with Crippen molar-refractivity contribution in [3.05, 3.63) is 77.9 Å². The van der Waals surface area contributed by atoms with E-state index in [0.717, 1.165) is 29.5 Å². The summed E-state index contributed by atoms with van der Waals surface area (Å²) in [5.74, 6) is 0.850. The SMILES string of the molecule is CCOc1ccc(N(CC(=O)NCc2cccc(CN3CCCC3)c2)S(=O)(=O)c2ccc(OC)c(OC)c2)cc1. The molecule has 1 saturated heterocycles. The molecule has 1 fully saturated rings. The van der Waals surface area contributed by atoms with Crippen LogP contribution in [0.15, 0.2) is 71.6 Å². The average molecular weight is 568 g/mol. The minimum Gasteiger partial charge on any atom is -0.494 e. The van der Waals surface area contributed by atoms with Crippen LogP contribution in [0.25, 0.3) is 0 Å². The second kappa shape index (κ2) is 13.5. The van der Waals surface area contributed by atoms with Gasteiger partial charge in [0.1, 0.15) is 12.3 Å². The first-order valence-corrected chi connectivity index (χ1v) is 14.8. The number of ether oxygens (including phenoxy) is 3. The maximum atomic E-state index is 13.8. The van der Waals surface area contributed by atoms with Gasteiger partial charge in [-0.25, -0.2) is 8.42 Å². The molecule has 0 atom stereocenters. The van der Waals surface area contributed by atoms with Gasteiger partial charge in [0.25, 0.3) is 10.0 Å². The second-order valence-corrected chi connectivity index (χ2v) is 11.4. The van der Waals surface area contributed by atoms with E-state index in [2.05, 4.69) is 22.3 Å². The molecule has 0 bridgehead atoms. The van der Waals surface area contributed by atoms with Crippen LogP contribution in [0.5, 0.6) is 17.2 Å². The summed E-state index contributed by atoms with van der Waals surface area (Å²) in [6.07, 6.45) is 2.46. The van der Waals surface area contributed by atoms with Crippen molar-refractivity contribution in [1.82, 2.24) is 10.2 Å². The first kappa shape index (κ1) is 29.2. The molecule has 0 unspecified atom stereocenters. The Morgan fingerprint density at radius 3 is 2.30 bits per heavy atom. The molecule has 3 aromatic carbocycles. The minimum atomic E-state index is -4.14. The molecular formula is C30H37N3O6S. The molecule has 0 radical (unpaired) electrons. The van der Waals surface area contributed by atoms with Crippen LogP contribution in [0, 0.1) is 0 Å². The van der Waals surface area contributed by atoms with E-state index in [1.54, 1.807) is 24.3 Å². The normalized spacial score (nSPS) is 13.6. The van der Waals surface area contributed by atoms with Crippen molar-refractivity contribution in [1.29, 1.82) is 0 Å². The van der Waals surface area contributed by atoms with E-state index in [-0.39, 0.29) is 10.6 Å². The molecule has 1 heterocycles. The molecule has 1 aliphatic heterocycles. The molecule has 3 aromatic rings. The Kier molecular flexibility index (Phi) is 9.89. The quantitative estimate of drug-likeness (QED) is 0.331. The van der Waals surface area contributed by atoms with Crippen LogP contribution in [0.2, 0.25) is 0 Å². The zero-order chi connectivity index (χ0) is 28.5. The molecule has 40 heavy (non-hydrogen) atoms. The maximum absolute atomic E-state index is 13.8. The van der Waals surface area contributed by atoms with Crippen LogP contribution in [0.3, 0.4) is 0 Å². The number of nitrogens with zero attached hydrogens (tertiary/aromatic N) is 2. The number of likely N-dealkylation sites (tertiary alicyclic amines) is 1. The lowest BCUT2D eigenvalue weighted by Gasteiger charge is -2.25. The molecule has 1 amide bonds. The van der Waals surface area contributed by atoms with E-state index in [0.29, 0.717) is 30.3 Å². The van der Waals surface area contributed by atoms with Gasteiger partial charge < -0.3 is 19.5 Å². The summed E-state index contributed by atoms with van der Waals surface area (Å²) in [7, 11) is -1.23. The number of hydrogen-bond donors (Lipinski definition) is 1. The van der Waals surface area contributed by atoms with Crippen molar-refractivity contribution in [3.63, 3.8) is 0 Å². The Morgan fingerprint density at radius 1 is 0.925 bits per heavy atom. The van der Waals surface area contributed by atoms with Crippen LogP contribution in [0.1, 0.15) is 30.9 Å². The fourth-order valence-corrected chi connectivity index (χ4v) is 6.16. The summed E-state index contributed by atoms with van der Waals surface area (Å²) >= 11 is 0. The number of carbonyl (C=O) groups is 1. The summed E-state index contributed by atoms with van der Waals surface area (Å²) in [4.78, 5) is 15.5. The lowest BCUT2D eigenvalue weighted by molar-refractivity contribution is -0.119. The average Bonchev–Trinajstić information content (AvgIpc) is 3.48. The number of amides is 1. The standard InChI is InChI=1S/C30H37N3O6S/c1-4-39-26-12-10-25(11-13-26)33(40(35,36)27-14-15-28(37-2)29(19-27)38-3)22-30(34)31-20-23-8-7-9-24(18-23)21-32-16-5-6-17-32/h7-15,18-19H,4-6,16-17,20-22H2,1-3H3,(H,31,34). The van der Waals surface area contributed by atoms with E-state index < -0.39 is 22.5 Å². The van der Waals surface area contributed by atoms with E-state index in [9.17, 15) is 13.2 Å². The summed E-state index contributed by atoms with van der Waals surface area (Å²) < 4.78 is 44.8. The van der Waals surface area contributed by atoms with Crippen molar-refractivity contribution in [2.24, 2.45) is 0 Å². The minimum absolute atomic E-state index is 0.0264. The van der Waals surface area contributed by atoms with Crippen molar-refractivity contribution in [3.8, 4) is 17.2 Å². The van der Waals surface area contributed by atoms with Crippen LogP contribution in [-0.2, 0) is 27.9 Å². The third-order valence-corrected chi connectivity index (χ3v) is 8.52. The number of rotatable bonds is 13.